The molecule has 0 heterocycles. The summed E-state index contributed by atoms with van der Waals surface area (Å²) in [6, 6.07) is 0. The fraction of sp³-hybridized carbons (Fsp3) is 0.690. The Morgan fingerprint density at radius 3 is 0.603 bits per heavy atom. The molecule has 0 saturated heterocycles. The van der Waals surface area contributed by atoms with E-state index in [0.717, 1.165) is 180 Å². The van der Waals surface area contributed by atoms with Crippen LogP contribution in [-0.4, -0.2) is 95.9 Å². The highest BCUT2D eigenvalue weighted by Gasteiger charge is 2.30. The Labute approximate surface area is 801 Å². The zero-order valence-electron chi connectivity index (χ0n) is 83.2. The summed E-state index contributed by atoms with van der Waals surface area (Å²) in [5, 5.41) is 20.8. The van der Waals surface area contributed by atoms with E-state index >= 15 is 0 Å². The van der Waals surface area contributed by atoms with Gasteiger partial charge in [-0.15, -0.1) is 0 Å². The van der Waals surface area contributed by atoms with Crippen molar-refractivity contribution >= 4 is 33.6 Å². The quantitative estimate of drug-likeness (QED) is 0.0146. The SMILES string of the molecule is CC/C=C\C/C=C\C/C=C\C/C=C\C/C=C\C/C=C\CCCCCCCCCCCCCCCCC(=O)OCC(O)COP(=O)(O)OCC(O)COP(=O)(O)OCC(COC(=O)CCCCCCCCCCCCCCCCC/C=C\C/C=C\C/C=C\C/C=C\C/C=C\CC)OC(=O)CCCCCCCCCCCCCCCCC/C=C\C/C=C\C/C=C\C/C=C\C/C=C\CC. The van der Waals surface area contributed by atoms with Gasteiger partial charge in [-0.2, -0.15) is 0 Å². The molecule has 0 bridgehead atoms. The first-order valence-corrected chi connectivity index (χ1v) is 55.7. The molecule has 0 aliphatic rings. The third-order valence-electron chi connectivity index (χ3n) is 22.3. The minimum Gasteiger partial charge on any atom is -0.463 e. The second kappa shape index (κ2) is 103. The second-order valence-corrected chi connectivity index (χ2v) is 37.8. The number of rotatable bonds is 99. The van der Waals surface area contributed by atoms with Crippen LogP contribution in [0.5, 0.6) is 0 Å². The number of unbranched alkanes of at least 4 members (excludes halogenated alkanes) is 44. The summed E-state index contributed by atoms with van der Waals surface area (Å²) >= 11 is 0. The van der Waals surface area contributed by atoms with Gasteiger partial charge in [0.05, 0.1) is 26.4 Å². The van der Waals surface area contributed by atoms with Crippen molar-refractivity contribution in [3.8, 4) is 0 Å². The summed E-state index contributed by atoms with van der Waals surface area (Å²) in [7, 11) is -9.82. The summed E-state index contributed by atoms with van der Waals surface area (Å²) in [4.78, 5) is 59.3. The molecule has 0 amide bonds. The molecule has 0 spiro atoms. The molecule has 0 saturated carbocycles. The number of carbonyl (C=O) groups excluding carboxylic acids is 3. The molecule has 0 rings (SSSR count). The number of allylic oxidation sites excluding steroid dienone is 32. The van der Waals surface area contributed by atoms with E-state index in [9.17, 15) is 43.5 Å². The van der Waals surface area contributed by atoms with Crippen molar-refractivity contribution in [2.75, 3.05) is 39.6 Å². The molecular weight excluding hydrogens is 1680 g/mol. The highest BCUT2D eigenvalue weighted by molar-refractivity contribution is 7.47. The van der Waals surface area contributed by atoms with Crippen molar-refractivity contribution in [1.82, 2.24) is 0 Å². The largest absolute Gasteiger partial charge is 0.472 e. The van der Waals surface area contributed by atoms with Crippen LogP contribution in [0.4, 0.5) is 0 Å². The molecule has 0 fully saturated rings. The zero-order valence-corrected chi connectivity index (χ0v) is 85.0. The molecule has 0 aliphatic carbocycles. The third-order valence-corrected chi connectivity index (χ3v) is 24.2. The minimum absolute atomic E-state index is 0.101. The van der Waals surface area contributed by atoms with Crippen molar-refractivity contribution < 1.29 is 75.8 Å². The maximum atomic E-state index is 13.2. The Morgan fingerprint density at radius 2 is 0.382 bits per heavy atom. The third kappa shape index (κ3) is 105. The lowest BCUT2D eigenvalue weighted by molar-refractivity contribution is -0.161. The molecule has 4 N–H and O–H groups in total. The number of hydrogen-bond donors (Lipinski definition) is 4. The molecule has 0 aliphatic heterocycles. The van der Waals surface area contributed by atoms with E-state index < -0.39 is 91.5 Å². The molecule has 18 heteroatoms. The topological polar surface area (TPSA) is 231 Å². The van der Waals surface area contributed by atoms with Gasteiger partial charge in [0, 0.05) is 19.3 Å². The Balaban J connectivity index is 4.62. The maximum Gasteiger partial charge on any atom is 0.472 e. The Bertz CT molecular complexity index is 3160. The molecule has 0 radical (unpaired) electrons. The van der Waals surface area contributed by atoms with E-state index in [1.165, 1.54) is 205 Å². The fourth-order valence-electron chi connectivity index (χ4n) is 14.5. The Morgan fingerprint density at radius 1 is 0.214 bits per heavy atom. The van der Waals surface area contributed by atoms with Crippen LogP contribution in [0.2, 0.25) is 0 Å². The van der Waals surface area contributed by atoms with Gasteiger partial charge in [0.2, 0.25) is 0 Å². The molecule has 131 heavy (non-hydrogen) atoms. The monoisotopic (exact) mass is 1870 g/mol. The number of aliphatic hydroxyl groups is 2. The number of hydrogen-bond acceptors (Lipinski definition) is 14. The average molecular weight is 1870 g/mol. The van der Waals surface area contributed by atoms with E-state index in [-0.39, 0.29) is 19.3 Å². The van der Waals surface area contributed by atoms with Crippen LogP contribution in [0.25, 0.3) is 0 Å². The van der Waals surface area contributed by atoms with E-state index in [1.54, 1.807) is 0 Å². The number of esters is 3. The van der Waals surface area contributed by atoms with Crippen LogP contribution < -0.4 is 0 Å². The average Bonchev–Trinajstić information content (AvgIpc) is 0.891. The van der Waals surface area contributed by atoms with Crippen molar-refractivity contribution in [1.29, 1.82) is 0 Å². The molecule has 5 atom stereocenters. The number of phosphoric ester groups is 2. The summed E-state index contributed by atoms with van der Waals surface area (Å²) in [6.45, 7) is 2.42. The molecular formula is C113H192O16P2. The lowest BCUT2D eigenvalue weighted by Gasteiger charge is -2.21. The first kappa shape index (κ1) is 125. The zero-order chi connectivity index (χ0) is 95.0. The summed E-state index contributed by atoms with van der Waals surface area (Å²) in [6.07, 6.45) is 139. The van der Waals surface area contributed by atoms with Crippen molar-refractivity contribution in [3.05, 3.63) is 194 Å². The van der Waals surface area contributed by atoms with Crippen LogP contribution in [0.1, 0.15) is 445 Å². The van der Waals surface area contributed by atoms with E-state index in [4.69, 9.17) is 32.3 Å². The highest BCUT2D eigenvalue weighted by Crippen LogP contribution is 2.45. The Kier molecular flexibility index (Phi) is 98.9. The fourth-order valence-corrected chi connectivity index (χ4v) is 16.0. The summed E-state index contributed by atoms with van der Waals surface area (Å²) < 4.78 is 61.8. The lowest BCUT2D eigenvalue weighted by Crippen LogP contribution is -2.30. The number of phosphoric acid groups is 2. The maximum absolute atomic E-state index is 13.2. The van der Waals surface area contributed by atoms with Gasteiger partial charge < -0.3 is 34.2 Å². The first-order valence-electron chi connectivity index (χ1n) is 52.7. The predicted molar refractivity (Wildman–Crippen MR) is 555 cm³/mol. The van der Waals surface area contributed by atoms with Gasteiger partial charge in [-0.1, -0.05) is 459 Å². The molecule has 0 aromatic rings. The van der Waals surface area contributed by atoms with Crippen molar-refractivity contribution in [2.24, 2.45) is 0 Å². The van der Waals surface area contributed by atoms with Crippen LogP contribution in [0, 0.1) is 0 Å². The lowest BCUT2D eigenvalue weighted by atomic mass is 10.0. The van der Waals surface area contributed by atoms with E-state index in [1.807, 2.05) is 0 Å². The molecule has 750 valence electrons. The predicted octanol–water partition coefficient (Wildman–Crippen LogP) is 33.7. The molecule has 16 nitrogen and oxygen atoms in total. The van der Waals surface area contributed by atoms with Crippen LogP contribution in [-0.2, 0) is 55.8 Å². The van der Waals surface area contributed by atoms with Crippen molar-refractivity contribution in [3.63, 3.8) is 0 Å². The first-order chi connectivity index (χ1) is 64.2. The van der Waals surface area contributed by atoms with Gasteiger partial charge in [-0.25, -0.2) is 9.13 Å². The van der Waals surface area contributed by atoms with Gasteiger partial charge in [-0.3, -0.25) is 32.5 Å². The highest BCUT2D eigenvalue weighted by atomic mass is 31.2. The van der Waals surface area contributed by atoms with E-state index in [2.05, 4.69) is 215 Å². The normalized spacial score (nSPS) is 14.4. The minimum atomic E-state index is -4.95. The molecule has 0 aromatic heterocycles. The van der Waals surface area contributed by atoms with Crippen molar-refractivity contribution in [2.45, 2.75) is 463 Å². The Hall–Kier alpha value is -5.61. The van der Waals surface area contributed by atoms with Gasteiger partial charge in [0.25, 0.3) is 0 Å². The molecule has 0 aromatic carbocycles. The smallest absolute Gasteiger partial charge is 0.463 e. The van der Waals surface area contributed by atoms with Crippen LogP contribution >= 0.6 is 15.6 Å². The van der Waals surface area contributed by atoms with Gasteiger partial charge >= 0.3 is 33.6 Å². The van der Waals surface area contributed by atoms with E-state index in [0.29, 0.717) is 19.3 Å². The second-order valence-electron chi connectivity index (χ2n) is 34.9. The number of ether oxygens (including phenoxy) is 3. The van der Waals surface area contributed by atoms with Crippen LogP contribution in [0.15, 0.2) is 194 Å². The van der Waals surface area contributed by atoms with Gasteiger partial charge in [0.1, 0.15) is 25.4 Å². The number of carbonyl (C=O) groups is 3. The number of aliphatic hydroxyl groups excluding tert-OH is 2. The van der Waals surface area contributed by atoms with Gasteiger partial charge in [0.15, 0.2) is 6.10 Å². The van der Waals surface area contributed by atoms with Gasteiger partial charge in [-0.05, 0) is 161 Å². The van der Waals surface area contributed by atoms with Crippen LogP contribution in [0.3, 0.4) is 0 Å². The molecule has 5 unspecified atom stereocenters. The summed E-state index contributed by atoms with van der Waals surface area (Å²) in [5.74, 6) is -1.56. The summed E-state index contributed by atoms with van der Waals surface area (Å²) in [5.41, 5.74) is 0. The standard InChI is InChI=1S/C113H192O16P2/c1-4-7-10-13-16-19-22-25-28-31-34-37-40-43-46-49-52-53-56-58-60-63-66-69-72-75-78-81-84-87-90-93-96-99-111(116)123-102-108(114)103-125-130(119,120)126-104-109(115)105-127-131(121,122)128-107-110(129-113(118)101-98-95-92-89-86-83-80-77-74-71-68-65-62-59-55-51-48-45-42-39-36-33-30-27-24-21-18-15-12-9-6-3)106-124-112(117)100-97-94-91-88-85-82-79-76-73-70-67-64-61-57-54-50-47-44-41-38-35-32-29-26-23-20-17-14-11-8-5-2/h7-12,16-21,25-30,34-39,43-48,52-53,108-110,114-115H,4-6,13-15,22-24,31-33,40-42,49-51,54-107H2,1-3H3,(H,119,120)(H,121,122)/b10-7-,11-8-,12-9-,19-16-,20-17-,21-18-,28-25-,29-26-,30-27-,37-34-,38-35-,39-36-,46-43-,47-44-,48-45-,53-52-.